The highest BCUT2D eigenvalue weighted by Crippen LogP contribution is 2.38. The van der Waals surface area contributed by atoms with Gasteiger partial charge in [-0.2, -0.15) is 5.10 Å². The first kappa shape index (κ1) is 9.33. The number of rotatable bonds is 2. The molecule has 1 aliphatic carbocycles. The molecule has 0 radical (unpaired) electrons. The number of pyridine rings is 1. The number of nitrogens with zero attached hydrogens (tertiary/aromatic N) is 2. The summed E-state index contributed by atoms with van der Waals surface area (Å²) < 4.78 is 0. The first-order valence-corrected chi connectivity index (χ1v) is 5.36. The second-order valence-corrected chi connectivity index (χ2v) is 4.21. The molecule has 0 bridgehead atoms. The Hall–Kier alpha value is -1.91. The van der Waals surface area contributed by atoms with Gasteiger partial charge in [0.15, 0.2) is 11.3 Å². The molecule has 0 saturated heterocycles. The van der Waals surface area contributed by atoms with Crippen molar-refractivity contribution in [1.29, 1.82) is 0 Å². The lowest BCUT2D eigenvalue weighted by Gasteiger charge is -1.95. The fourth-order valence-corrected chi connectivity index (χ4v) is 1.68. The van der Waals surface area contributed by atoms with Gasteiger partial charge < -0.3 is 4.98 Å². The van der Waals surface area contributed by atoms with Gasteiger partial charge in [0.25, 0.3) is 0 Å². The van der Waals surface area contributed by atoms with Gasteiger partial charge >= 0.3 is 0 Å². The van der Waals surface area contributed by atoms with Crippen molar-refractivity contribution in [3.63, 3.8) is 0 Å². The highest BCUT2D eigenvalue weighted by molar-refractivity contribution is 5.52. The minimum atomic E-state index is -0.0439. The maximum Gasteiger partial charge on any atom is 0.192 e. The monoisotopic (exact) mass is 216 g/mol. The van der Waals surface area contributed by atoms with Crippen LogP contribution in [0.3, 0.4) is 0 Å². The Labute approximate surface area is 91.9 Å². The van der Waals surface area contributed by atoms with Crippen LogP contribution in [0.4, 0.5) is 0 Å². The Bertz CT molecular complexity index is 580. The number of H-pyrrole nitrogens is 2. The van der Waals surface area contributed by atoms with Crippen LogP contribution < -0.4 is 5.43 Å². The molecule has 0 aliphatic heterocycles. The predicted molar refractivity (Wildman–Crippen MR) is 59.2 cm³/mol. The highest BCUT2D eigenvalue weighted by atomic mass is 16.1. The first-order valence-electron chi connectivity index (χ1n) is 5.36. The normalized spacial score (nSPS) is 15.3. The highest BCUT2D eigenvalue weighted by Gasteiger charge is 2.27. The number of aromatic nitrogens is 4. The summed E-state index contributed by atoms with van der Waals surface area (Å²) in [5.74, 6) is 1.91. The average Bonchev–Trinajstić information content (AvgIpc) is 2.98. The molecule has 0 aromatic carbocycles. The molecule has 2 heterocycles. The summed E-state index contributed by atoms with van der Waals surface area (Å²) in [5, 5.41) is 6.98. The van der Waals surface area contributed by atoms with E-state index in [0.29, 0.717) is 17.3 Å². The molecular weight excluding hydrogens is 204 g/mol. The standard InChI is InChI=1S/C11H12N4O/c1-6-4-9(16)8(5-12-6)11-13-10(14-15-11)7-2-3-7/h4-5,7H,2-3H2,1H3,(H,12,16)(H,13,14,15). The molecular formula is C11H12N4O. The van der Waals surface area contributed by atoms with Gasteiger partial charge in [-0.3, -0.25) is 9.89 Å². The summed E-state index contributed by atoms with van der Waals surface area (Å²) in [6.07, 6.45) is 4.00. The van der Waals surface area contributed by atoms with Gasteiger partial charge in [-0.15, -0.1) is 0 Å². The van der Waals surface area contributed by atoms with Gasteiger partial charge in [0.1, 0.15) is 5.82 Å². The summed E-state index contributed by atoms with van der Waals surface area (Å²) in [4.78, 5) is 19.1. The van der Waals surface area contributed by atoms with Gasteiger partial charge in [-0.25, -0.2) is 4.98 Å². The van der Waals surface area contributed by atoms with Crippen LogP contribution in [-0.2, 0) is 0 Å². The van der Waals surface area contributed by atoms with Crippen LogP contribution in [0.1, 0.15) is 30.3 Å². The Morgan fingerprint density at radius 1 is 1.44 bits per heavy atom. The second-order valence-electron chi connectivity index (χ2n) is 4.21. The molecule has 0 spiro atoms. The van der Waals surface area contributed by atoms with E-state index < -0.39 is 0 Å². The van der Waals surface area contributed by atoms with E-state index in [-0.39, 0.29) is 5.43 Å². The Morgan fingerprint density at radius 2 is 2.25 bits per heavy atom. The molecule has 5 nitrogen and oxygen atoms in total. The van der Waals surface area contributed by atoms with Crippen molar-refractivity contribution in [3.05, 3.63) is 34.0 Å². The van der Waals surface area contributed by atoms with Crippen LogP contribution in [0, 0.1) is 6.92 Å². The van der Waals surface area contributed by atoms with Crippen LogP contribution in [0.25, 0.3) is 11.4 Å². The van der Waals surface area contributed by atoms with E-state index in [2.05, 4.69) is 20.2 Å². The topological polar surface area (TPSA) is 74.4 Å². The molecule has 2 aromatic rings. The summed E-state index contributed by atoms with van der Waals surface area (Å²) >= 11 is 0. The molecule has 1 aliphatic rings. The fraction of sp³-hybridized carbons (Fsp3) is 0.364. The van der Waals surface area contributed by atoms with Crippen molar-refractivity contribution in [2.75, 3.05) is 0 Å². The largest absolute Gasteiger partial charge is 0.364 e. The zero-order valence-electron chi connectivity index (χ0n) is 8.95. The van der Waals surface area contributed by atoms with Gasteiger partial charge in [0.2, 0.25) is 0 Å². The van der Waals surface area contributed by atoms with Gasteiger partial charge in [-0.1, -0.05) is 0 Å². The molecule has 16 heavy (non-hydrogen) atoms. The molecule has 2 aromatic heterocycles. The van der Waals surface area contributed by atoms with Crippen LogP contribution in [0.5, 0.6) is 0 Å². The summed E-state index contributed by atoms with van der Waals surface area (Å²) in [5.41, 5.74) is 1.32. The quantitative estimate of drug-likeness (QED) is 0.795. The van der Waals surface area contributed by atoms with Crippen molar-refractivity contribution in [2.45, 2.75) is 25.7 Å². The molecule has 0 unspecified atom stereocenters. The minimum absolute atomic E-state index is 0.0439. The van der Waals surface area contributed by atoms with Crippen molar-refractivity contribution < 1.29 is 0 Å². The molecule has 0 atom stereocenters. The molecule has 0 amide bonds. The van der Waals surface area contributed by atoms with Crippen molar-refractivity contribution in [2.24, 2.45) is 0 Å². The lowest BCUT2D eigenvalue weighted by Crippen LogP contribution is -2.06. The minimum Gasteiger partial charge on any atom is -0.364 e. The molecule has 5 heteroatoms. The Balaban J connectivity index is 2.03. The van der Waals surface area contributed by atoms with Gasteiger partial charge in [0.05, 0.1) is 5.56 Å². The van der Waals surface area contributed by atoms with Crippen molar-refractivity contribution >= 4 is 0 Å². The van der Waals surface area contributed by atoms with Crippen LogP contribution >= 0.6 is 0 Å². The SMILES string of the molecule is Cc1cc(=O)c(-c2n[nH]c(C3CC3)n2)c[nH]1. The van der Waals surface area contributed by atoms with E-state index in [1.165, 1.54) is 12.8 Å². The van der Waals surface area contributed by atoms with Gasteiger partial charge in [-0.05, 0) is 19.8 Å². The third-order valence-electron chi connectivity index (χ3n) is 2.76. The van der Waals surface area contributed by atoms with E-state index in [1.807, 2.05) is 6.92 Å². The lowest BCUT2D eigenvalue weighted by molar-refractivity contribution is 0.935. The smallest absolute Gasteiger partial charge is 0.192 e. The van der Waals surface area contributed by atoms with E-state index in [9.17, 15) is 4.79 Å². The third-order valence-corrected chi connectivity index (χ3v) is 2.76. The zero-order chi connectivity index (χ0) is 11.1. The van der Waals surface area contributed by atoms with Crippen molar-refractivity contribution in [3.8, 4) is 11.4 Å². The predicted octanol–water partition coefficient (Wildman–Crippen LogP) is 1.35. The number of aryl methyl sites for hydroxylation is 1. The van der Waals surface area contributed by atoms with Crippen LogP contribution in [-0.4, -0.2) is 20.2 Å². The molecule has 1 fully saturated rings. The van der Waals surface area contributed by atoms with Crippen molar-refractivity contribution in [1.82, 2.24) is 20.2 Å². The van der Waals surface area contributed by atoms with E-state index in [4.69, 9.17) is 0 Å². The number of aromatic amines is 2. The number of hydrogen-bond donors (Lipinski definition) is 2. The summed E-state index contributed by atoms with van der Waals surface area (Å²) in [6.45, 7) is 1.85. The maximum absolute atomic E-state index is 11.7. The van der Waals surface area contributed by atoms with E-state index in [1.54, 1.807) is 12.3 Å². The third kappa shape index (κ3) is 1.54. The number of hydrogen-bond acceptors (Lipinski definition) is 3. The molecule has 2 N–H and O–H groups in total. The summed E-state index contributed by atoms with van der Waals surface area (Å²) in [7, 11) is 0. The lowest BCUT2D eigenvalue weighted by atomic mass is 10.2. The van der Waals surface area contributed by atoms with Crippen LogP contribution in [0.15, 0.2) is 17.1 Å². The Morgan fingerprint density at radius 3 is 2.94 bits per heavy atom. The summed E-state index contributed by atoms with van der Waals surface area (Å²) in [6, 6.07) is 1.56. The first-order chi connectivity index (χ1) is 7.74. The molecule has 3 rings (SSSR count). The number of nitrogens with one attached hydrogen (secondary N) is 2. The zero-order valence-corrected chi connectivity index (χ0v) is 8.95. The van der Waals surface area contributed by atoms with Crippen LogP contribution in [0.2, 0.25) is 0 Å². The fourth-order valence-electron chi connectivity index (χ4n) is 1.68. The molecule has 82 valence electrons. The second kappa shape index (κ2) is 3.30. The molecule has 1 saturated carbocycles. The maximum atomic E-state index is 11.7. The van der Waals surface area contributed by atoms with E-state index in [0.717, 1.165) is 11.5 Å². The average molecular weight is 216 g/mol. The van der Waals surface area contributed by atoms with E-state index >= 15 is 0 Å². The van der Waals surface area contributed by atoms with Gasteiger partial charge in [0, 0.05) is 23.9 Å². The Kier molecular flexibility index (Phi) is 1.92.